The van der Waals surface area contributed by atoms with Gasteiger partial charge < -0.3 is 14.7 Å². The van der Waals surface area contributed by atoms with E-state index in [2.05, 4.69) is 4.98 Å². The van der Waals surface area contributed by atoms with Crippen molar-refractivity contribution in [3.05, 3.63) is 125 Å². The molecule has 0 spiro atoms. The van der Waals surface area contributed by atoms with Crippen molar-refractivity contribution in [3.8, 4) is 11.8 Å². The van der Waals surface area contributed by atoms with Crippen molar-refractivity contribution in [2.45, 2.75) is 13.2 Å². The van der Waals surface area contributed by atoms with Gasteiger partial charge in [-0.05, 0) is 29.3 Å². The van der Waals surface area contributed by atoms with Crippen molar-refractivity contribution < 1.29 is 19.0 Å². The Hall–Kier alpha value is -4.91. The first kappa shape index (κ1) is 21.6. The van der Waals surface area contributed by atoms with Gasteiger partial charge in [0.1, 0.15) is 24.5 Å². The van der Waals surface area contributed by atoms with Crippen LogP contribution in [0.2, 0.25) is 0 Å². The molecule has 0 bridgehead atoms. The minimum absolute atomic E-state index is 0.262. The molecule has 0 N–H and O–H groups in total. The molecule has 0 aliphatic carbocycles. The lowest BCUT2D eigenvalue weighted by Gasteiger charge is -2.21. The summed E-state index contributed by atoms with van der Waals surface area (Å²) in [5.41, 5.74) is 3.47. The SMILES string of the molecule is O=C1c2c[n+]([O-])cc3cccc(c23)N1c1ccc(OCc2ccccc2)nc1OCc1ccccc1. The van der Waals surface area contributed by atoms with Gasteiger partial charge in [0.05, 0.1) is 5.69 Å². The predicted molar refractivity (Wildman–Crippen MR) is 135 cm³/mol. The molecule has 7 nitrogen and oxygen atoms in total. The fourth-order valence-corrected chi connectivity index (χ4v) is 4.37. The number of hydrogen-bond donors (Lipinski definition) is 0. The lowest BCUT2D eigenvalue weighted by Crippen LogP contribution is -2.27. The third kappa shape index (κ3) is 3.96. The molecule has 176 valence electrons. The van der Waals surface area contributed by atoms with E-state index in [4.69, 9.17) is 9.47 Å². The summed E-state index contributed by atoms with van der Waals surface area (Å²) in [5.74, 6) is 0.332. The van der Waals surface area contributed by atoms with Gasteiger partial charge in [-0.2, -0.15) is 9.71 Å². The Labute approximate surface area is 207 Å². The van der Waals surface area contributed by atoms with E-state index in [1.54, 1.807) is 17.0 Å². The van der Waals surface area contributed by atoms with Gasteiger partial charge in [-0.15, -0.1) is 0 Å². The van der Waals surface area contributed by atoms with Crippen LogP contribution in [0.25, 0.3) is 10.8 Å². The summed E-state index contributed by atoms with van der Waals surface area (Å²) in [6, 6.07) is 28.5. The van der Waals surface area contributed by atoms with E-state index >= 15 is 0 Å². The number of rotatable bonds is 7. The molecule has 2 aromatic heterocycles. The first-order valence-corrected chi connectivity index (χ1v) is 11.5. The summed E-state index contributed by atoms with van der Waals surface area (Å²) < 4.78 is 12.7. The number of amides is 1. The second kappa shape index (κ2) is 9.03. The van der Waals surface area contributed by atoms with Crippen molar-refractivity contribution in [2.24, 2.45) is 0 Å². The second-order valence-electron chi connectivity index (χ2n) is 8.44. The molecule has 1 amide bonds. The van der Waals surface area contributed by atoms with E-state index in [0.29, 0.717) is 39.5 Å². The quantitative estimate of drug-likeness (QED) is 0.235. The van der Waals surface area contributed by atoms with Gasteiger partial charge in [-0.25, -0.2) is 0 Å². The first-order valence-electron chi connectivity index (χ1n) is 11.5. The van der Waals surface area contributed by atoms with Crippen molar-refractivity contribution in [1.82, 2.24) is 4.98 Å². The van der Waals surface area contributed by atoms with Crippen LogP contribution in [0, 0.1) is 5.21 Å². The van der Waals surface area contributed by atoms with Gasteiger partial charge in [-0.1, -0.05) is 66.7 Å². The highest BCUT2D eigenvalue weighted by molar-refractivity contribution is 6.27. The molecule has 5 aromatic rings. The zero-order valence-corrected chi connectivity index (χ0v) is 19.2. The molecule has 3 heterocycles. The maximum absolute atomic E-state index is 13.5. The molecule has 3 aromatic carbocycles. The first-order chi connectivity index (χ1) is 17.7. The minimum Gasteiger partial charge on any atom is -0.619 e. The maximum atomic E-state index is 13.5. The molecule has 0 radical (unpaired) electrons. The standard InChI is InChI=1S/C29H21N3O4/c33-29-23-17-31(34)16-22-12-7-13-24(27(22)23)32(29)25-14-15-26(35-18-20-8-3-1-4-9-20)30-28(25)36-19-21-10-5-2-6-11-21/h1-17H,18-19H2. The molecule has 0 atom stereocenters. The number of ether oxygens (including phenoxy) is 2. The number of anilines is 2. The minimum atomic E-state index is -0.310. The zero-order chi connectivity index (χ0) is 24.5. The van der Waals surface area contributed by atoms with Crippen LogP contribution in [0.3, 0.4) is 0 Å². The van der Waals surface area contributed by atoms with Crippen LogP contribution in [-0.4, -0.2) is 10.9 Å². The van der Waals surface area contributed by atoms with Crippen LogP contribution in [0.1, 0.15) is 21.5 Å². The normalized spacial score (nSPS) is 12.2. The molecule has 0 unspecified atom stereocenters. The van der Waals surface area contributed by atoms with E-state index in [9.17, 15) is 10.0 Å². The van der Waals surface area contributed by atoms with Crippen LogP contribution in [-0.2, 0) is 13.2 Å². The van der Waals surface area contributed by atoms with E-state index in [0.717, 1.165) is 16.5 Å². The molecular weight excluding hydrogens is 454 g/mol. The third-order valence-electron chi connectivity index (χ3n) is 6.04. The molecule has 0 saturated heterocycles. The van der Waals surface area contributed by atoms with Crippen molar-refractivity contribution in [3.63, 3.8) is 0 Å². The number of pyridine rings is 2. The summed E-state index contributed by atoms with van der Waals surface area (Å²) in [4.78, 5) is 19.7. The molecule has 1 aliphatic heterocycles. The second-order valence-corrected chi connectivity index (χ2v) is 8.44. The van der Waals surface area contributed by atoms with Crippen molar-refractivity contribution >= 4 is 28.1 Å². The summed E-state index contributed by atoms with van der Waals surface area (Å²) >= 11 is 0. The lowest BCUT2D eigenvalue weighted by atomic mass is 10.1. The monoisotopic (exact) mass is 475 g/mol. The van der Waals surface area contributed by atoms with Crippen molar-refractivity contribution in [2.75, 3.05) is 4.90 Å². The fourth-order valence-electron chi connectivity index (χ4n) is 4.37. The molecule has 36 heavy (non-hydrogen) atoms. The number of hydrogen-bond acceptors (Lipinski definition) is 5. The van der Waals surface area contributed by atoms with E-state index in [1.165, 1.54) is 12.4 Å². The molecule has 0 fully saturated rings. The van der Waals surface area contributed by atoms with Gasteiger partial charge >= 0.3 is 0 Å². The largest absolute Gasteiger partial charge is 0.619 e. The Morgan fingerprint density at radius 2 is 1.44 bits per heavy atom. The Morgan fingerprint density at radius 1 is 0.750 bits per heavy atom. The summed E-state index contributed by atoms with van der Waals surface area (Å²) in [6.45, 7) is 0.616. The van der Waals surface area contributed by atoms with Crippen LogP contribution in [0.5, 0.6) is 11.8 Å². The lowest BCUT2D eigenvalue weighted by molar-refractivity contribution is -0.603. The number of carbonyl (C=O) groups excluding carboxylic acids is 1. The van der Waals surface area contributed by atoms with Gasteiger partial charge in [0.25, 0.3) is 5.91 Å². The van der Waals surface area contributed by atoms with Gasteiger partial charge in [-0.3, -0.25) is 9.69 Å². The van der Waals surface area contributed by atoms with Crippen LogP contribution in [0.15, 0.2) is 103 Å². The zero-order valence-electron chi connectivity index (χ0n) is 19.2. The van der Waals surface area contributed by atoms with Gasteiger partial charge in [0.2, 0.25) is 11.8 Å². The molecule has 7 heteroatoms. The molecule has 6 rings (SSSR count). The van der Waals surface area contributed by atoms with Crippen LogP contribution < -0.4 is 19.1 Å². The highest BCUT2D eigenvalue weighted by atomic mass is 16.5. The van der Waals surface area contributed by atoms with E-state index < -0.39 is 0 Å². The average molecular weight is 476 g/mol. The Kier molecular flexibility index (Phi) is 5.42. The van der Waals surface area contributed by atoms with Crippen LogP contribution >= 0.6 is 0 Å². The van der Waals surface area contributed by atoms with Crippen molar-refractivity contribution in [1.29, 1.82) is 0 Å². The maximum Gasteiger partial charge on any atom is 0.269 e. The highest BCUT2D eigenvalue weighted by Gasteiger charge is 2.35. The topological polar surface area (TPSA) is 78.6 Å². The number of nitrogens with zero attached hydrogens (tertiary/aromatic N) is 3. The number of carbonyl (C=O) groups is 1. The Bertz CT molecular complexity index is 1570. The highest BCUT2D eigenvalue weighted by Crippen LogP contribution is 2.44. The summed E-state index contributed by atoms with van der Waals surface area (Å²) in [7, 11) is 0. The van der Waals surface area contributed by atoms with E-state index in [-0.39, 0.29) is 18.4 Å². The molecular formula is C29H21N3O4. The predicted octanol–water partition coefficient (Wildman–Crippen LogP) is 5.32. The number of aromatic nitrogens is 2. The van der Waals surface area contributed by atoms with E-state index in [1.807, 2.05) is 78.9 Å². The average Bonchev–Trinajstić information content (AvgIpc) is 3.19. The Balaban J connectivity index is 1.38. The van der Waals surface area contributed by atoms with Crippen LogP contribution in [0.4, 0.5) is 11.4 Å². The van der Waals surface area contributed by atoms with Gasteiger partial charge in [0.15, 0.2) is 12.4 Å². The third-order valence-corrected chi connectivity index (χ3v) is 6.04. The fraction of sp³-hybridized carbons (Fsp3) is 0.0690. The molecule has 1 aliphatic rings. The number of benzene rings is 3. The smallest absolute Gasteiger partial charge is 0.269 e. The summed E-state index contributed by atoms with van der Waals surface area (Å²) in [5, 5.41) is 13.5. The molecule has 0 saturated carbocycles. The Morgan fingerprint density at radius 3 is 2.17 bits per heavy atom. The summed E-state index contributed by atoms with van der Waals surface area (Å²) in [6.07, 6.45) is 2.77. The van der Waals surface area contributed by atoms with Gasteiger partial charge in [0, 0.05) is 16.8 Å².